The van der Waals surface area contributed by atoms with Gasteiger partial charge in [-0.25, -0.2) is 17.9 Å². The number of benzene rings is 1. The second-order valence-electron chi connectivity index (χ2n) is 7.86. The van der Waals surface area contributed by atoms with Crippen LogP contribution in [0.25, 0.3) is 0 Å². The first kappa shape index (κ1) is 22.2. The third kappa shape index (κ3) is 7.12. The highest BCUT2D eigenvalue weighted by Gasteiger charge is 2.34. The van der Waals surface area contributed by atoms with Gasteiger partial charge in [-0.15, -0.1) is 0 Å². The van der Waals surface area contributed by atoms with Crippen molar-refractivity contribution in [3.05, 3.63) is 24.3 Å². The van der Waals surface area contributed by atoms with E-state index in [-0.39, 0.29) is 29.5 Å². The van der Waals surface area contributed by atoms with Gasteiger partial charge in [-0.05, 0) is 64.3 Å². The lowest BCUT2D eigenvalue weighted by molar-refractivity contribution is -0.114. The number of ether oxygens (including phenoxy) is 1. The molecule has 2 amide bonds. The van der Waals surface area contributed by atoms with Gasteiger partial charge in [-0.3, -0.25) is 4.79 Å². The molecule has 0 radical (unpaired) electrons. The Hall–Kier alpha value is -2.13. The molecule has 0 heterocycles. The molecule has 28 heavy (non-hydrogen) atoms. The number of carbonyl (C=O) groups is 2. The predicted octanol–water partition coefficient (Wildman–Crippen LogP) is 2.71. The highest BCUT2D eigenvalue weighted by Crippen LogP contribution is 2.28. The molecule has 1 saturated carbocycles. The Bertz CT molecular complexity index is 796. The van der Waals surface area contributed by atoms with Gasteiger partial charge >= 0.3 is 6.09 Å². The molecule has 2 N–H and O–H groups in total. The van der Waals surface area contributed by atoms with E-state index in [1.807, 2.05) is 20.8 Å². The number of anilines is 1. The summed E-state index contributed by atoms with van der Waals surface area (Å²) in [6, 6.07) is 6.13. The molecular weight excluding hydrogens is 382 g/mol. The van der Waals surface area contributed by atoms with Crippen molar-refractivity contribution < 1.29 is 22.7 Å². The van der Waals surface area contributed by atoms with Gasteiger partial charge in [-0.1, -0.05) is 0 Å². The Labute approximate surface area is 166 Å². The largest absolute Gasteiger partial charge is 0.444 e. The summed E-state index contributed by atoms with van der Waals surface area (Å²) in [5, 5.41) is 2.59. The van der Waals surface area contributed by atoms with E-state index in [2.05, 4.69) is 10.0 Å². The van der Waals surface area contributed by atoms with Crippen LogP contribution in [0.2, 0.25) is 0 Å². The van der Waals surface area contributed by atoms with Crippen LogP contribution in [0.4, 0.5) is 10.5 Å². The monoisotopic (exact) mass is 411 g/mol. The minimum atomic E-state index is -3.65. The maximum absolute atomic E-state index is 12.4. The van der Waals surface area contributed by atoms with Gasteiger partial charge in [0.2, 0.25) is 15.9 Å². The summed E-state index contributed by atoms with van der Waals surface area (Å²) in [5.74, 6) is -0.223. The molecular formula is C19H29N3O5S. The average molecular weight is 412 g/mol. The van der Waals surface area contributed by atoms with Crippen molar-refractivity contribution in [2.45, 2.75) is 63.5 Å². The highest BCUT2D eigenvalue weighted by atomic mass is 32.2. The Morgan fingerprint density at radius 3 is 2.29 bits per heavy atom. The van der Waals surface area contributed by atoms with E-state index < -0.39 is 15.6 Å². The van der Waals surface area contributed by atoms with Crippen LogP contribution in [-0.2, 0) is 19.6 Å². The molecule has 1 aromatic carbocycles. The van der Waals surface area contributed by atoms with Crippen LogP contribution >= 0.6 is 0 Å². The van der Waals surface area contributed by atoms with E-state index >= 15 is 0 Å². The molecule has 1 fully saturated rings. The number of amides is 2. The Morgan fingerprint density at radius 1 is 1.18 bits per heavy atom. The standard InChI is InChI=1S/C19H29N3O5S/c1-14(23)21-15-6-10-17(11-7-15)28(25,26)20-12-5-13-22(16-8-9-16)18(24)27-19(2,3)4/h6-7,10-11,16,20H,5,8-9,12-13H2,1-4H3,(H,21,23). The number of sulfonamides is 1. The van der Waals surface area contributed by atoms with Crippen molar-refractivity contribution in [2.24, 2.45) is 0 Å². The van der Waals surface area contributed by atoms with Crippen LogP contribution in [-0.4, -0.2) is 50.1 Å². The van der Waals surface area contributed by atoms with Gasteiger partial charge in [0, 0.05) is 31.7 Å². The maximum atomic E-state index is 12.4. The molecule has 0 spiro atoms. The first-order valence-corrected chi connectivity index (χ1v) is 10.8. The molecule has 0 atom stereocenters. The van der Waals surface area contributed by atoms with Crippen LogP contribution in [0.5, 0.6) is 0 Å². The van der Waals surface area contributed by atoms with E-state index in [4.69, 9.17) is 4.74 Å². The number of nitrogens with one attached hydrogen (secondary N) is 2. The number of carbonyl (C=O) groups excluding carboxylic acids is 2. The number of hydrogen-bond acceptors (Lipinski definition) is 5. The van der Waals surface area contributed by atoms with E-state index in [0.29, 0.717) is 18.7 Å². The summed E-state index contributed by atoms with van der Waals surface area (Å²) >= 11 is 0. The van der Waals surface area contributed by atoms with E-state index in [0.717, 1.165) is 12.8 Å². The van der Waals surface area contributed by atoms with Crippen molar-refractivity contribution >= 4 is 27.7 Å². The second-order valence-corrected chi connectivity index (χ2v) is 9.63. The summed E-state index contributed by atoms with van der Waals surface area (Å²) in [7, 11) is -3.65. The molecule has 0 aliphatic heterocycles. The van der Waals surface area contributed by atoms with Crippen molar-refractivity contribution in [1.29, 1.82) is 0 Å². The fourth-order valence-corrected chi connectivity index (χ4v) is 3.66. The van der Waals surface area contributed by atoms with Gasteiger partial charge in [-0.2, -0.15) is 0 Å². The smallest absolute Gasteiger partial charge is 0.410 e. The number of hydrogen-bond donors (Lipinski definition) is 2. The fraction of sp³-hybridized carbons (Fsp3) is 0.579. The zero-order chi connectivity index (χ0) is 20.9. The van der Waals surface area contributed by atoms with Crippen LogP contribution in [0, 0.1) is 0 Å². The quantitative estimate of drug-likeness (QED) is 0.640. The molecule has 0 bridgehead atoms. The van der Waals surface area contributed by atoms with Crippen LogP contribution in [0.3, 0.4) is 0 Å². The summed E-state index contributed by atoms with van der Waals surface area (Å²) in [5.41, 5.74) is -0.0289. The van der Waals surface area contributed by atoms with Gasteiger partial charge in [0.15, 0.2) is 0 Å². The van der Waals surface area contributed by atoms with Crippen LogP contribution < -0.4 is 10.0 Å². The molecule has 2 rings (SSSR count). The van der Waals surface area contributed by atoms with Crippen molar-refractivity contribution in [3.63, 3.8) is 0 Å². The SMILES string of the molecule is CC(=O)Nc1ccc(S(=O)(=O)NCCCN(C(=O)OC(C)(C)C)C2CC2)cc1. The van der Waals surface area contributed by atoms with Crippen molar-refractivity contribution in [3.8, 4) is 0 Å². The topological polar surface area (TPSA) is 105 Å². The molecule has 0 unspecified atom stereocenters. The van der Waals surface area contributed by atoms with Gasteiger partial charge in [0.05, 0.1) is 4.90 Å². The fourth-order valence-electron chi connectivity index (χ4n) is 2.59. The second kappa shape index (κ2) is 8.91. The summed E-state index contributed by atoms with van der Waals surface area (Å²) < 4.78 is 32.7. The minimum Gasteiger partial charge on any atom is -0.444 e. The molecule has 9 heteroatoms. The van der Waals surface area contributed by atoms with Gasteiger partial charge < -0.3 is 15.0 Å². The van der Waals surface area contributed by atoms with E-state index in [1.54, 1.807) is 4.90 Å². The highest BCUT2D eigenvalue weighted by molar-refractivity contribution is 7.89. The predicted molar refractivity (Wildman–Crippen MR) is 107 cm³/mol. The van der Waals surface area contributed by atoms with Crippen molar-refractivity contribution in [2.75, 3.05) is 18.4 Å². The van der Waals surface area contributed by atoms with Gasteiger partial charge in [0.25, 0.3) is 0 Å². The molecule has 1 aliphatic rings. The molecule has 1 aliphatic carbocycles. The first-order valence-electron chi connectivity index (χ1n) is 9.35. The summed E-state index contributed by atoms with van der Waals surface area (Å²) in [6.07, 6.45) is 2.03. The van der Waals surface area contributed by atoms with Crippen LogP contribution in [0.1, 0.15) is 47.0 Å². The summed E-state index contributed by atoms with van der Waals surface area (Å²) in [4.78, 5) is 25.1. The van der Waals surface area contributed by atoms with E-state index in [1.165, 1.54) is 31.2 Å². The first-order chi connectivity index (χ1) is 13.0. The molecule has 156 valence electrons. The molecule has 0 aromatic heterocycles. The third-order valence-electron chi connectivity index (χ3n) is 3.97. The number of rotatable bonds is 8. The minimum absolute atomic E-state index is 0.118. The maximum Gasteiger partial charge on any atom is 0.410 e. The molecule has 8 nitrogen and oxygen atoms in total. The number of nitrogens with zero attached hydrogens (tertiary/aromatic N) is 1. The van der Waals surface area contributed by atoms with Crippen LogP contribution in [0.15, 0.2) is 29.2 Å². The Balaban J connectivity index is 1.85. The summed E-state index contributed by atoms with van der Waals surface area (Å²) in [6.45, 7) is 7.49. The Morgan fingerprint density at radius 2 is 1.79 bits per heavy atom. The average Bonchev–Trinajstić information content (AvgIpc) is 3.37. The van der Waals surface area contributed by atoms with Crippen molar-refractivity contribution in [1.82, 2.24) is 9.62 Å². The lowest BCUT2D eigenvalue weighted by Crippen LogP contribution is -2.39. The lowest BCUT2D eigenvalue weighted by atomic mass is 10.2. The lowest BCUT2D eigenvalue weighted by Gasteiger charge is -2.27. The zero-order valence-corrected chi connectivity index (χ0v) is 17.6. The Kier molecular flexibility index (Phi) is 7.06. The molecule has 1 aromatic rings. The zero-order valence-electron chi connectivity index (χ0n) is 16.8. The van der Waals surface area contributed by atoms with Gasteiger partial charge in [0.1, 0.15) is 5.60 Å². The third-order valence-corrected chi connectivity index (χ3v) is 5.45. The van der Waals surface area contributed by atoms with E-state index in [9.17, 15) is 18.0 Å². The normalized spacial score (nSPS) is 14.4. The molecule has 0 saturated heterocycles.